The van der Waals surface area contributed by atoms with Crippen LogP contribution in [0.2, 0.25) is 0 Å². The van der Waals surface area contributed by atoms with Crippen LogP contribution in [-0.4, -0.2) is 35.3 Å². The lowest BCUT2D eigenvalue weighted by molar-refractivity contribution is 0.0860. The van der Waals surface area contributed by atoms with Crippen molar-refractivity contribution in [1.29, 1.82) is 0 Å². The van der Waals surface area contributed by atoms with Gasteiger partial charge in [0.25, 0.3) is 5.91 Å². The zero-order valence-electron chi connectivity index (χ0n) is 9.43. The van der Waals surface area contributed by atoms with Crippen LogP contribution in [0.5, 0.6) is 0 Å². The number of hydrogen-bond donors (Lipinski definition) is 0. The first-order valence-electron chi connectivity index (χ1n) is 5.19. The third-order valence-electron chi connectivity index (χ3n) is 2.49. The number of rotatable bonds is 1. The quantitative estimate of drug-likeness (QED) is 0.746. The minimum atomic E-state index is 0.0503. The monoisotopic (exact) mass is 234 g/mol. The molecule has 0 saturated heterocycles. The van der Waals surface area contributed by atoms with Crippen LogP contribution in [0.1, 0.15) is 15.9 Å². The molecular weight excluding hydrogens is 220 g/mol. The van der Waals surface area contributed by atoms with Gasteiger partial charge in [0.05, 0.1) is 6.54 Å². The summed E-state index contributed by atoms with van der Waals surface area (Å²) in [5, 5.41) is 0.825. The maximum absolute atomic E-state index is 12.2. The average Bonchev–Trinajstić information content (AvgIpc) is 2.76. The van der Waals surface area contributed by atoms with Crippen LogP contribution in [0.15, 0.2) is 29.3 Å². The third kappa shape index (κ3) is 2.11. The van der Waals surface area contributed by atoms with Gasteiger partial charge in [-0.1, -0.05) is 29.5 Å². The first-order valence-corrected chi connectivity index (χ1v) is 6.42. The molecule has 0 aliphatic carbocycles. The molecule has 0 spiro atoms. The predicted octanol–water partition coefficient (Wildman–Crippen LogP) is 2.17. The minimum absolute atomic E-state index is 0.0503. The van der Waals surface area contributed by atoms with Gasteiger partial charge in [0.15, 0.2) is 5.17 Å². The van der Waals surface area contributed by atoms with E-state index in [0.717, 1.165) is 16.3 Å². The summed E-state index contributed by atoms with van der Waals surface area (Å²) in [7, 11) is 0. The Balaban J connectivity index is 2.23. The van der Waals surface area contributed by atoms with Crippen LogP contribution in [0, 0.1) is 6.92 Å². The van der Waals surface area contributed by atoms with E-state index in [4.69, 9.17) is 0 Å². The number of aliphatic imine (C=N–C) groups is 1. The summed E-state index contributed by atoms with van der Waals surface area (Å²) < 4.78 is 0. The summed E-state index contributed by atoms with van der Waals surface area (Å²) in [6, 6.07) is 7.67. The summed E-state index contributed by atoms with van der Waals surface area (Å²) in [5.41, 5.74) is 1.84. The second kappa shape index (κ2) is 4.70. The van der Waals surface area contributed by atoms with Crippen LogP contribution in [0.3, 0.4) is 0 Å². The van der Waals surface area contributed by atoms with E-state index in [2.05, 4.69) is 4.99 Å². The number of nitrogens with zero attached hydrogens (tertiary/aromatic N) is 2. The van der Waals surface area contributed by atoms with Gasteiger partial charge in [0.1, 0.15) is 0 Å². The van der Waals surface area contributed by atoms with Crippen molar-refractivity contribution < 1.29 is 4.79 Å². The molecule has 0 radical (unpaired) electrons. The molecule has 0 bridgehead atoms. The van der Waals surface area contributed by atoms with Crippen LogP contribution in [0.4, 0.5) is 0 Å². The molecule has 84 valence electrons. The summed E-state index contributed by atoms with van der Waals surface area (Å²) in [6.45, 7) is 3.40. The lowest BCUT2D eigenvalue weighted by Gasteiger charge is -2.16. The van der Waals surface area contributed by atoms with Crippen molar-refractivity contribution in [2.24, 2.45) is 4.99 Å². The molecule has 0 atom stereocenters. The van der Waals surface area contributed by atoms with Crippen molar-refractivity contribution in [1.82, 2.24) is 4.90 Å². The Kier molecular flexibility index (Phi) is 3.29. The van der Waals surface area contributed by atoms with Gasteiger partial charge in [-0.15, -0.1) is 0 Å². The number of amides is 1. The van der Waals surface area contributed by atoms with Crippen LogP contribution in [0.25, 0.3) is 0 Å². The molecule has 0 unspecified atom stereocenters. The van der Waals surface area contributed by atoms with Crippen molar-refractivity contribution in [3.8, 4) is 0 Å². The van der Waals surface area contributed by atoms with Gasteiger partial charge in [-0.2, -0.15) is 0 Å². The Labute approximate surface area is 99.6 Å². The Morgan fingerprint density at radius 3 is 3.00 bits per heavy atom. The van der Waals surface area contributed by atoms with Crippen molar-refractivity contribution in [3.63, 3.8) is 0 Å². The van der Waals surface area contributed by atoms with Crippen molar-refractivity contribution in [2.75, 3.05) is 19.3 Å². The number of carbonyl (C=O) groups excluding carboxylic acids is 1. The van der Waals surface area contributed by atoms with E-state index < -0.39 is 0 Å². The van der Waals surface area contributed by atoms with Crippen LogP contribution < -0.4 is 0 Å². The van der Waals surface area contributed by atoms with Gasteiger partial charge in [-0.05, 0) is 25.3 Å². The molecule has 0 N–H and O–H groups in total. The van der Waals surface area contributed by atoms with E-state index in [1.807, 2.05) is 37.4 Å². The lowest BCUT2D eigenvalue weighted by Crippen LogP contribution is -2.32. The molecule has 1 amide bonds. The Bertz CT molecular complexity index is 442. The highest BCUT2D eigenvalue weighted by Gasteiger charge is 2.23. The second-order valence-electron chi connectivity index (χ2n) is 3.69. The number of carbonyl (C=O) groups is 1. The fourth-order valence-electron chi connectivity index (χ4n) is 1.72. The van der Waals surface area contributed by atoms with Crippen LogP contribution in [-0.2, 0) is 0 Å². The van der Waals surface area contributed by atoms with Gasteiger partial charge < -0.3 is 0 Å². The molecule has 16 heavy (non-hydrogen) atoms. The van der Waals surface area contributed by atoms with Gasteiger partial charge in [-0.3, -0.25) is 14.7 Å². The van der Waals surface area contributed by atoms with E-state index in [1.165, 1.54) is 11.8 Å². The molecule has 4 heteroatoms. The first kappa shape index (κ1) is 11.2. The van der Waals surface area contributed by atoms with Crippen molar-refractivity contribution in [3.05, 3.63) is 35.4 Å². The van der Waals surface area contributed by atoms with Crippen LogP contribution >= 0.6 is 11.8 Å². The van der Waals surface area contributed by atoms with Gasteiger partial charge in [-0.25, -0.2) is 0 Å². The number of thioether (sulfide) groups is 1. The summed E-state index contributed by atoms with van der Waals surface area (Å²) in [6.07, 6.45) is 1.95. The van der Waals surface area contributed by atoms with E-state index in [1.54, 1.807) is 4.90 Å². The molecule has 1 heterocycles. The largest absolute Gasteiger partial charge is 0.286 e. The number of hydrogen-bond acceptors (Lipinski definition) is 3. The molecule has 3 nitrogen and oxygen atoms in total. The highest BCUT2D eigenvalue weighted by Crippen LogP contribution is 2.16. The first-order chi connectivity index (χ1) is 7.72. The molecule has 2 rings (SSSR count). The van der Waals surface area contributed by atoms with Crippen molar-refractivity contribution in [2.45, 2.75) is 6.92 Å². The van der Waals surface area contributed by atoms with E-state index in [9.17, 15) is 4.79 Å². The standard InChI is InChI=1S/C12H14N2OS/c1-9-4-3-5-10(8-9)11(15)14-7-6-13-12(14)16-2/h3-5,8H,6-7H2,1-2H3. The smallest absolute Gasteiger partial charge is 0.259 e. The normalized spacial score (nSPS) is 15.1. The number of benzene rings is 1. The molecule has 1 aromatic carbocycles. The zero-order valence-corrected chi connectivity index (χ0v) is 10.3. The molecule has 0 saturated carbocycles. The van der Waals surface area contributed by atoms with E-state index >= 15 is 0 Å². The Morgan fingerprint density at radius 2 is 2.31 bits per heavy atom. The molecule has 0 aromatic heterocycles. The maximum Gasteiger partial charge on any atom is 0.259 e. The molecular formula is C12H14N2OS. The summed E-state index contributed by atoms with van der Waals surface area (Å²) >= 11 is 1.52. The number of amidine groups is 1. The molecule has 1 aliphatic rings. The van der Waals surface area contributed by atoms with Gasteiger partial charge in [0.2, 0.25) is 0 Å². The summed E-state index contributed by atoms with van der Waals surface area (Å²) in [4.78, 5) is 18.2. The molecule has 0 fully saturated rings. The van der Waals surface area contributed by atoms with Gasteiger partial charge >= 0.3 is 0 Å². The fourth-order valence-corrected chi connectivity index (χ4v) is 2.34. The Morgan fingerprint density at radius 1 is 1.50 bits per heavy atom. The topological polar surface area (TPSA) is 32.7 Å². The highest BCUT2D eigenvalue weighted by molar-refractivity contribution is 8.13. The second-order valence-corrected chi connectivity index (χ2v) is 4.47. The SMILES string of the molecule is CSC1=NCCN1C(=O)c1cccc(C)c1. The van der Waals surface area contributed by atoms with E-state index in [0.29, 0.717) is 13.1 Å². The van der Waals surface area contributed by atoms with E-state index in [-0.39, 0.29) is 5.91 Å². The fraction of sp³-hybridized carbons (Fsp3) is 0.333. The highest BCUT2D eigenvalue weighted by atomic mass is 32.2. The Hall–Kier alpha value is -1.29. The van der Waals surface area contributed by atoms with Crippen molar-refractivity contribution >= 4 is 22.8 Å². The predicted molar refractivity (Wildman–Crippen MR) is 68.0 cm³/mol. The van der Waals surface area contributed by atoms with Gasteiger partial charge in [0, 0.05) is 12.1 Å². The molecule has 1 aromatic rings. The minimum Gasteiger partial charge on any atom is -0.286 e. The zero-order chi connectivity index (χ0) is 11.5. The summed E-state index contributed by atoms with van der Waals surface area (Å²) in [5.74, 6) is 0.0503. The maximum atomic E-state index is 12.2. The third-order valence-corrected chi connectivity index (χ3v) is 3.21. The molecule has 1 aliphatic heterocycles. The number of aryl methyl sites for hydroxylation is 1. The average molecular weight is 234 g/mol. The lowest BCUT2D eigenvalue weighted by atomic mass is 10.1.